The predicted octanol–water partition coefficient (Wildman–Crippen LogP) is 0.0427. The van der Waals surface area contributed by atoms with Crippen molar-refractivity contribution in [3.63, 3.8) is 0 Å². The van der Waals surface area contributed by atoms with Crippen LogP contribution < -0.4 is 0 Å². The van der Waals surface area contributed by atoms with Gasteiger partial charge in [-0.2, -0.15) is 8.42 Å². The van der Waals surface area contributed by atoms with Gasteiger partial charge in [0.1, 0.15) is 22.0 Å². The first-order chi connectivity index (χ1) is 6.73. The third-order valence-electron chi connectivity index (χ3n) is 1.59. The average molecular weight is 234 g/mol. The molecule has 1 aromatic carbocycles. The molecule has 0 bridgehead atoms. The first-order valence-electron chi connectivity index (χ1n) is 3.50. The lowest BCUT2D eigenvalue weighted by Crippen LogP contribution is -2.03. The molecule has 0 unspecified atom stereocenters. The molecule has 0 aliphatic carbocycles. The molecular formula is C7H6O7S. The molecule has 0 atom stereocenters. The molecular weight excluding hydrogens is 228 g/mol. The lowest BCUT2D eigenvalue weighted by molar-refractivity contribution is 0.0693. The van der Waals surface area contributed by atoms with Crippen LogP contribution in [-0.4, -0.2) is 34.3 Å². The highest BCUT2D eigenvalue weighted by molar-refractivity contribution is 7.86. The minimum Gasteiger partial charge on any atom is -0.507 e. The second kappa shape index (κ2) is 3.41. The summed E-state index contributed by atoms with van der Waals surface area (Å²) >= 11 is 0. The van der Waals surface area contributed by atoms with Crippen molar-refractivity contribution in [2.24, 2.45) is 0 Å². The largest absolute Gasteiger partial charge is 0.507 e. The maximum absolute atomic E-state index is 10.7. The zero-order chi connectivity index (χ0) is 11.8. The summed E-state index contributed by atoms with van der Waals surface area (Å²) in [6, 6.07) is 0.981. The van der Waals surface area contributed by atoms with Gasteiger partial charge in [0.25, 0.3) is 10.1 Å². The van der Waals surface area contributed by atoms with Gasteiger partial charge < -0.3 is 15.3 Å². The summed E-state index contributed by atoms with van der Waals surface area (Å²) in [5, 5.41) is 26.6. The highest BCUT2D eigenvalue weighted by atomic mass is 32.2. The molecule has 0 radical (unpaired) electrons. The molecule has 0 aliphatic rings. The van der Waals surface area contributed by atoms with E-state index in [1.807, 2.05) is 0 Å². The molecule has 0 fully saturated rings. The molecule has 0 aromatic heterocycles. The van der Waals surface area contributed by atoms with Crippen LogP contribution >= 0.6 is 0 Å². The van der Waals surface area contributed by atoms with Crippen molar-refractivity contribution in [2.75, 3.05) is 0 Å². The molecule has 1 rings (SSSR count). The van der Waals surface area contributed by atoms with Crippen molar-refractivity contribution in [3.8, 4) is 11.5 Å². The van der Waals surface area contributed by atoms with E-state index < -0.39 is 38.0 Å². The fourth-order valence-corrected chi connectivity index (χ4v) is 1.53. The van der Waals surface area contributed by atoms with E-state index in [9.17, 15) is 13.2 Å². The van der Waals surface area contributed by atoms with Crippen molar-refractivity contribution in [3.05, 3.63) is 17.7 Å². The Balaban J connectivity index is 3.58. The van der Waals surface area contributed by atoms with Gasteiger partial charge in [0.2, 0.25) is 0 Å². The summed E-state index contributed by atoms with van der Waals surface area (Å²) in [7, 11) is -4.73. The minimum atomic E-state index is -4.73. The van der Waals surface area contributed by atoms with Crippen LogP contribution in [0.2, 0.25) is 0 Å². The van der Waals surface area contributed by atoms with Crippen LogP contribution in [-0.2, 0) is 10.1 Å². The third-order valence-corrected chi connectivity index (χ3v) is 2.47. The highest BCUT2D eigenvalue weighted by Crippen LogP contribution is 2.30. The number of aromatic carboxylic acids is 1. The topological polar surface area (TPSA) is 132 Å². The number of hydrogen-bond acceptors (Lipinski definition) is 5. The van der Waals surface area contributed by atoms with E-state index in [1.165, 1.54) is 0 Å². The number of phenolic OH excluding ortho intramolecular Hbond substituents is 1. The lowest BCUT2D eigenvalue weighted by Gasteiger charge is -2.04. The molecule has 0 aliphatic heterocycles. The van der Waals surface area contributed by atoms with E-state index in [1.54, 1.807) is 0 Å². The smallest absolute Gasteiger partial charge is 0.339 e. The third kappa shape index (κ3) is 2.17. The molecule has 1 aromatic rings. The summed E-state index contributed by atoms with van der Waals surface area (Å²) < 4.78 is 29.9. The quantitative estimate of drug-likeness (QED) is 0.531. The van der Waals surface area contributed by atoms with Crippen molar-refractivity contribution >= 4 is 16.1 Å². The van der Waals surface area contributed by atoms with Crippen LogP contribution in [0.3, 0.4) is 0 Å². The molecule has 0 amide bonds. The number of rotatable bonds is 2. The van der Waals surface area contributed by atoms with E-state index in [0.717, 1.165) is 0 Å². The van der Waals surface area contributed by atoms with Crippen LogP contribution in [0.4, 0.5) is 0 Å². The van der Waals surface area contributed by atoms with E-state index in [0.29, 0.717) is 12.1 Å². The standard InChI is InChI=1S/C7H6O7S/c8-4-2-5(9)6(15(12,13)14)1-3(4)7(10)11/h1-2,8-9H,(H,10,11)(H,12,13,14). The summed E-state index contributed by atoms with van der Waals surface area (Å²) in [6.45, 7) is 0. The summed E-state index contributed by atoms with van der Waals surface area (Å²) in [5.74, 6) is -3.31. The second-order valence-corrected chi connectivity index (χ2v) is 4.01. The fraction of sp³-hybridized carbons (Fsp3) is 0. The first-order valence-corrected chi connectivity index (χ1v) is 4.94. The molecule has 0 spiro atoms. The van der Waals surface area contributed by atoms with Crippen LogP contribution in [0.25, 0.3) is 0 Å². The number of carboxylic acids is 1. The summed E-state index contributed by atoms with van der Waals surface area (Å²) in [6.07, 6.45) is 0. The van der Waals surface area contributed by atoms with Crippen molar-refractivity contribution in [1.29, 1.82) is 0 Å². The number of benzene rings is 1. The Bertz CT molecular complexity index is 516. The molecule has 8 heteroatoms. The predicted molar refractivity (Wildman–Crippen MR) is 46.5 cm³/mol. The Morgan fingerprint density at radius 3 is 2.07 bits per heavy atom. The van der Waals surface area contributed by atoms with Gasteiger partial charge in [0.05, 0.1) is 0 Å². The maximum atomic E-state index is 10.7. The van der Waals surface area contributed by atoms with Crippen molar-refractivity contribution in [2.45, 2.75) is 4.90 Å². The molecule has 82 valence electrons. The normalized spacial score (nSPS) is 11.3. The number of aromatic hydroxyl groups is 2. The Morgan fingerprint density at radius 2 is 1.67 bits per heavy atom. The van der Waals surface area contributed by atoms with Gasteiger partial charge in [0.15, 0.2) is 0 Å². The van der Waals surface area contributed by atoms with E-state index in [2.05, 4.69) is 0 Å². The van der Waals surface area contributed by atoms with Crippen LogP contribution in [0.15, 0.2) is 17.0 Å². The lowest BCUT2D eigenvalue weighted by atomic mass is 10.2. The monoisotopic (exact) mass is 234 g/mol. The molecule has 0 saturated heterocycles. The van der Waals surface area contributed by atoms with Crippen molar-refractivity contribution < 1.29 is 33.1 Å². The molecule has 0 heterocycles. The Kier molecular flexibility index (Phi) is 2.56. The number of hydrogen-bond donors (Lipinski definition) is 4. The van der Waals surface area contributed by atoms with Gasteiger partial charge >= 0.3 is 5.97 Å². The van der Waals surface area contributed by atoms with Crippen LogP contribution in [0.1, 0.15) is 10.4 Å². The van der Waals surface area contributed by atoms with Gasteiger partial charge in [-0.25, -0.2) is 4.79 Å². The highest BCUT2D eigenvalue weighted by Gasteiger charge is 2.21. The van der Waals surface area contributed by atoms with Gasteiger partial charge in [-0.1, -0.05) is 0 Å². The zero-order valence-electron chi connectivity index (χ0n) is 7.08. The Hall–Kier alpha value is -1.80. The second-order valence-electron chi connectivity index (χ2n) is 2.62. The zero-order valence-corrected chi connectivity index (χ0v) is 7.89. The Labute approximate surface area is 84.0 Å². The van der Waals surface area contributed by atoms with Crippen LogP contribution in [0.5, 0.6) is 11.5 Å². The van der Waals surface area contributed by atoms with E-state index in [-0.39, 0.29) is 0 Å². The van der Waals surface area contributed by atoms with Gasteiger partial charge in [-0.15, -0.1) is 0 Å². The van der Waals surface area contributed by atoms with E-state index in [4.69, 9.17) is 19.9 Å². The van der Waals surface area contributed by atoms with E-state index >= 15 is 0 Å². The first kappa shape index (κ1) is 11.3. The number of carboxylic acid groups (broad SMARTS) is 1. The molecule has 15 heavy (non-hydrogen) atoms. The van der Waals surface area contributed by atoms with Gasteiger partial charge in [-0.3, -0.25) is 4.55 Å². The number of phenols is 2. The molecule has 4 N–H and O–H groups in total. The number of carbonyl (C=O) groups is 1. The summed E-state index contributed by atoms with van der Waals surface area (Å²) in [5.41, 5.74) is -0.736. The fourth-order valence-electron chi connectivity index (χ4n) is 0.935. The van der Waals surface area contributed by atoms with Gasteiger partial charge in [0, 0.05) is 6.07 Å². The maximum Gasteiger partial charge on any atom is 0.339 e. The molecule has 7 nitrogen and oxygen atoms in total. The Morgan fingerprint density at radius 1 is 1.13 bits per heavy atom. The van der Waals surface area contributed by atoms with Crippen LogP contribution in [0, 0.1) is 0 Å². The molecule has 0 saturated carbocycles. The average Bonchev–Trinajstić information content (AvgIpc) is 2.00. The van der Waals surface area contributed by atoms with Gasteiger partial charge in [-0.05, 0) is 6.07 Å². The minimum absolute atomic E-state index is 0.461. The SMILES string of the molecule is O=C(O)c1cc(S(=O)(=O)O)c(O)cc1O. The summed E-state index contributed by atoms with van der Waals surface area (Å²) in [4.78, 5) is 9.52. The van der Waals surface area contributed by atoms with Crippen molar-refractivity contribution in [1.82, 2.24) is 0 Å².